The third-order valence-corrected chi connectivity index (χ3v) is 8.05. The number of nitrogens with zero attached hydrogens (tertiary/aromatic N) is 4. The van der Waals surface area contributed by atoms with Gasteiger partial charge in [-0.1, -0.05) is 60.7 Å². The molecule has 0 spiro atoms. The highest BCUT2D eigenvalue weighted by Crippen LogP contribution is 2.37. The van der Waals surface area contributed by atoms with Gasteiger partial charge in [0.2, 0.25) is 0 Å². The lowest BCUT2D eigenvalue weighted by atomic mass is 9.93. The Morgan fingerprint density at radius 2 is 1.42 bits per heavy atom. The topological polar surface area (TPSA) is 56.3 Å². The summed E-state index contributed by atoms with van der Waals surface area (Å²) in [5, 5.41) is 7.87. The Bertz CT molecular complexity index is 1330. The Hall–Kier alpha value is -3.32. The maximum absolute atomic E-state index is 4.98. The highest BCUT2D eigenvalue weighted by atomic mass is 15.3. The summed E-state index contributed by atoms with van der Waals surface area (Å²) in [6.07, 6.45) is 3.29. The first kappa shape index (κ1) is 25.0. The van der Waals surface area contributed by atoms with Gasteiger partial charge >= 0.3 is 0 Å². The van der Waals surface area contributed by atoms with Crippen LogP contribution in [0.25, 0.3) is 10.9 Å². The molecule has 1 aliphatic carbocycles. The third kappa shape index (κ3) is 5.30. The SMILES string of the molecule is CNCCCNc1nc(CN2CCN(C3c4ccccc4CCc4ccccc43)CC2)nc2ccccc12. The van der Waals surface area contributed by atoms with E-state index in [-0.39, 0.29) is 0 Å². The van der Waals surface area contributed by atoms with Gasteiger partial charge in [0, 0.05) is 38.1 Å². The second-order valence-corrected chi connectivity index (χ2v) is 10.5. The number of anilines is 1. The number of para-hydroxylation sites is 1. The van der Waals surface area contributed by atoms with Crippen molar-refractivity contribution in [2.75, 3.05) is 51.6 Å². The van der Waals surface area contributed by atoms with Gasteiger partial charge in [-0.2, -0.15) is 0 Å². The summed E-state index contributed by atoms with van der Waals surface area (Å²) < 4.78 is 0. The summed E-state index contributed by atoms with van der Waals surface area (Å²) in [5.74, 6) is 1.85. The molecule has 2 aliphatic rings. The maximum Gasteiger partial charge on any atom is 0.145 e. The first-order chi connectivity index (χ1) is 18.8. The first-order valence-corrected chi connectivity index (χ1v) is 14.1. The van der Waals surface area contributed by atoms with Crippen LogP contribution in [-0.4, -0.2) is 66.1 Å². The van der Waals surface area contributed by atoms with E-state index in [2.05, 4.69) is 93.2 Å². The molecule has 6 nitrogen and oxygen atoms in total. The van der Waals surface area contributed by atoms with Crippen LogP contribution >= 0.6 is 0 Å². The minimum atomic E-state index is 0.331. The summed E-state index contributed by atoms with van der Waals surface area (Å²) in [5.41, 5.74) is 6.97. The van der Waals surface area contributed by atoms with Gasteiger partial charge in [0.1, 0.15) is 11.6 Å². The quantitative estimate of drug-likeness (QED) is 0.339. The predicted octanol–water partition coefficient (Wildman–Crippen LogP) is 4.66. The van der Waals surface area contributed by atoms with Crippen molar-refractivity contribution in [2.45, 2.75) is 31.8 Å². The molecule has 1 aromatic heterocycles. The number of fused-ring (bicyclic) bond motifs is 3. The molecule has 2 heterocycles. The van der Waals surface area contributed by atoms with Crippen molar-refractivity contribution in [3.63, 3.8) is 0 Å². The Morgan fingerprint density at radius 3 is 2.13 bits per heavy atom. The van der Waals surface area contributed by atoms with Crippen LogP contribution in [0.15, 0.2) is 72.8 Å². The lowest BCUT2D eigenvalue weighted by molar-refractivity contribution is 0.103. The van der Waals surface area contributed by atoms with Crippen molar-refractivity contribution in [3.8, 4) is 0 Å². The Kier molecular flexibility index (Phi) is 7.63. The fraction of sp³-hybridized carbons (Fsp3) is 0.375. The van der Waals surface area contributed by atoms with Crippen LogP contribution < -0.4 is 10.6 Å². The second-order valence-electron chi connectivity index (χ2n) is 10.5. The largest absolute Gasteiger partial charge is 0.369 e. The molecule has 3 aromatic carbocycles. The summed E-state index contributed by atoms with van der Waals surface area (Å²) in [7, 11) is 1.99. The van der Waals surface area contributed by atoms with Gasteiger partial charge in [0.05, 0.1) is 18.1 Å². The monoisotopic (exact) mass is 506 g/mol. The van der Waals surface area contributed by atoms with E-state index < -0.39 is 0 Å². The summed E-state index contributed by atoms with van der Waals surface area (Å²) in [6.45, 7) is 6.77. The van der Waals surface area contributed by atoms with Gasteiger partial charge in [-0.3, -0.25) is 9.80 Å². The molecule has 0 amide bonds. The van der Waals surface area contributed by atoms with Crippen molar-refractivity contribution < 1.29 is 0 Å². The number of nitrogens with one attached hydrogen (secondary N) is 2. The highest BCUT2D eigenvalue weighted by Gasteiger charge is 2.31. The zero-order chi connectivity index (χ0) is 25.7. The smallest absolute Gasteiger partial charge is 0.145 e. The molecule has 2 N–H and O–H groups in total. The molecule has 0 saturated carbocycles. The zero-order valence-corrected chi connectivity index (χ0v) is 22.4. The number of aromatic nitrogens is 2. The summed E-state index contributed by atoms with van der Waals surface area (Å²) in [4.78, 5) is 15.1. The minimum absolute atomic E-state index is 0.331. The fourth-order valence-electron chi connectivity index (χ4n) is 6.07. The molecule has 0 bridgehead atoms. The van der Waals surface area contributed by atoms with Crippen LogP contribution in [0, 0.1) is 0 Å². The van der Waals surface area contributed by atoms with E-state index in [9.17, 15) is 0 Å². The molecule has 1 fully saturated rings. The predicted molar refractivity (Wildman–Crippen MR) is 156 cm³/mol. The fourth-order valence-corrected chi connectivity index (χ4v) is 6.07. The van der Waals surface area contributed by atoms with Gasteiger partial charge < -0.3 is 10.6 Å². The lowest BCUT2D eigenvalue weighted by Gasteiger charge is -2.40. The van der Waals surface area contributed by atoms with E-state index >= 15 is 0 Å². The summed E-state index contributed by atoms with van der Waals surface area (Å²) >= 11 is 0. The van der Waals surface area contributed by atoms with Crippen LogP contribution in [0.3, 0.4) is 0 Å². The highest BCUT2D eigenvalue weighted by molar-refractivity contribution is 5.88. The van der Waals surface area contributed by atoms with Crippen LogP contribution in [0.2, 0.25) is 0 Å². The maximum atomic E-state index is 4.98. The molecule has 1 aliphatic heterocycles. The molecule has 6 heteroatoms. The standard InChI is InChI=1S/C32H38N6/c1-33-17-8-18-34-32-28-13-6-7-14-29(28)35-30(36-32)23-37-19-21-38(22-20-37)31-26-11-4-2-9-24(26)15-16-25-10-3-5-12-27(25)31/h2-7,9-14,31,33H,8,15-23H2,1H3,(H,34,35,36). The van der Waals surface area contributed by atoms with Gasteiger partial charge in [-0.05, 0) is 67.2 Å². The molecular formula is C32H38N6. The minimum Gasteiger partial charge on any atom is -0.369 e. The number of hydrogen-bond acceptors (Lipinski definition) is 6. The molecule has 0 radical (unpaired) electrons. The molecule has 1 saturated heterocycles. The van der Waals surface area contributed by atoms with E-state index in [4.69, 9.17) is 9.97 Å². The van der Waals surface area contributed by atoms with E-state index in [0.717, 1.165) is 87.6 Å². The Labute approximate surface area is 226 Å². The molecule has 0 unspecified atom stereocenters. The van der Waals surface area contributed by atoms with Gasteiger partial charge in [0.25, 0.3) is 0 Å². The van der Waals surface area contributed by atoms with E-state index in [1.54, 1.807) is 0 Å². The lowest BCUT2D eigenvalue weighted by Crippen LogP contribution is -2.47. The normalized spacial score (nSPS) is 16.7. The van der Waals surface area contributed by atoms with Crippen molar-refractivity contribution in [1.82, 2.24) is 25.1 Å². The molecule has 6 rings (SSSR count). The zero-order valence-electron chi connectivity index (χ0n) is 22.4. The number of rotatable bonds is 8. The number of hydrogen-bond donors (Lipinski definition) is 2. The van der Waals surface area contributed by atoms with Crippen molar-refractivity contribution in [3.05, 3.63) is 101 Å². The van der Waals surface area contributed by atoms with E-state index in [1.165, 1.54) is 22.3 Å². The summed E-state index contributed by atoms with van der Waals surface area (Å²) in [6, 6.07) is 26.8. The van der Waals surface area contributed by atoms with Crippen molar-refractivity contribution in [2.24, 2.45) is 0 Å². The first-order valence-electron chi connectivity index (χ1n) is 14.1. The van der Waals surface area contributed by atoms with Crippen molar-refractivity contribution >= 4 is 16.7 Å². The van der Waals surface area contributed by atoms with Gasteiger partial charge in [0.15, 0.2) is 0 Å². The van der Waals surface area contributed by atoms with Gasteiger partial charge in [-0.25, -0.2) is 9.97 Å². The van der Waals surface area contributed by atoms with Gasteiger partial charge in [-0.15, -0.1) is 0 Å². The van der Waals surface area contributed by atoms with Crippen LogP contribution in [-0.2, 0) is 19.4 Å². The Balaban J connectivity index is 1.18. The van der Waals surface area contributed by atoms with E-state index in [1.807, 2.05) is 7.05 Å². The van der Waals surface area contributed by atoms with Crippen LogP contribution in [0.4, 0.5) is 5.82 Å². The third-order valence-electron chi connectivity index (χ3n) is 8.05. The average Bonchev–Trinajstić information content (AvgIpc) is 3.13. The molecule has 0 atom stereocenters. The van der Waals surface area contributed by atoms with E-state index in [0.29, 0.717) is 6.04 Å². The number of piperazine rings is 1. The second kappa shape index (κ2) is 11.6. The molecule has 4 aromatic rings. The molecular weight excluding hydrogens is 468 g/mol. The Morgan fingerprint density at radius 1 is 0.763 bits per heavy atom. The van der Waals surface area contributed by atoms with Crippen molar-refractivity contribution in [1.29, 1.82) is 0 Å². The van der Waals surface area contributed by atoms with Crippen LogP contribution in [0.5, 0.6) is 0 Å². The molecule has 38 heavy (non-hydrogen) atoms. The number of aryl methyl sites for hydroxylation is 2. The average molecular weight is 507 g/mol. The number of benzene rings is 3. The molecule has 196 valence electrons. The van der Waals surface area contributed by atoms with Crippen LogP contribution in [0.1, 0.15) is 40.5 Å².